The minimum absolute atomic E-state index is 0.119. The lowest BCUT2D eigenvalue weighted by Gasteiger charge is -2.34. The summed E-state index contributed by atoms with van der Waals surface area (Å²) in [6, 6.07) is 8.02. The molecule has 1 saturated heterocycles. The van der Waals surface area contributed by atoms with Gasteiger partial charge < -0.3 is 19.3 Å². The van der Waals surface area contributed by atoms with E-state index in [1.807, 2.05) is 23.1 Å². The summed E-state index contributed by atoms with van der Waals surface area (Å²) in [4.78, 5) is 29.2. The summed E-state index contributed by atoms with van der Waals surface area (Å²) in [7, 11) is 1.66. The monoisotopic (exact) mass is 395 g/mol. The van der Waals surface area contributed by atoms with Crippen LogP contribution in [0.3, 0.4) is 0 Å². The van der Waals surface area contributed by atoms with Gasteiger partial charge in [0, 0.05) is 51.8 Å². The lowest BCUT2D eigenvalue weighted by atomic mass is 10.0. The number of hydrogen-bond acceptors (Lipinski definition) is 7. The molecule has 1 amide bonds. The number of hydrogen-bond donors (Lipinski definition) is 0. The Morgan fingerprint density at radius 3 is 2.69 bits per heavy atom. The number of piperazine rings is 1. The number of aliphatic imine (C=N–C) groups is 1. The van der Waals surface area contributed by atoms with Gasteiger partial charge in [0.2, 0.25) is 5.91 Å². The van der Waals surface area contributed by atoms with Crippen LogP contribution in [0, 0.1) is 0 Å². The van der Waals surface area contributed by atoms with Gasteiger partial charge in [0.05, 0.1) is 24.6 Å². The Labute approximate surface area is 170 Å². The first-order chi connectivity index (χ1) is 14.2. The highest BCUT2D eigenvalue weighted by Gasteiger charge is 2.23. The maximum absolute atomic E-state index is 11.5. The predicted molar refractivity (Wildman–Crippen MR) is 110 cm³/mol. The van der Waals surface area contributed by atoms with E-state index in [4.69, 9.17) is 14.5 Å². The largest absolute Gasteiger partial charge is 0.491 e. The van der Waals surface area contributed by atoms with E-state index in [2.05, 4.69) is 20.9 Å². The Morgan fingerprint density at radius 2 is 1.93 bits per heavy atom. The van der Waals surface area contributed by atoms with Crippen molar-refractivity contribution in [2.75, 3.05) is 51.4 Å². The van der Waals surface area contributed by atoms with Gasteiger partial charge in [0.15, 0.2) is 0 Å². The number of amides is 1. The van der Waals surface area contributed by atoms with Crippen molar-refractivity contribution < 1.29 is 14.3 Å². The van der Waals surface area contributed by atoms with Crippen molar-refractivity contribution in [3.05, 3.63) is 47.4 Å². The van der Waals surface area contributed by atoms with Crippen molar-refractivity contribution in [3.8, 4) is 5.75 Å². The van der Waals surface area contributed by atoms with Gasteiger partial charge in [-0.15, -0.1) is 0 Å². The molecule has 3 heterocycles. The second kappa shape index (κ2) is 8.57. The van der Waals surface area contributed by atoms with Gasteiger partial charge in [-0.2, -0.15) is 0 Å². The van der Waals surface area contributed by atoms with Crippen molar-refractivity contribution in [1.29, 1.82) is 0 Å². The van der Waals surface area contributed by atoms with Crippen molar-refractivity contribution in [2.45, 2.75) is 13.5 Å². The predicted octanol–water partition coefficient (Wildman–Crippen LogP) is 1.52. The number of rotatable bonds is 6. The smallest absolute Gasteiger partial charge is 0.219 e. The average Bonchev–Trinajstić information content (AvgIpc) is 3.17. The molecule has 152 valence electrons. The summed E-state index contributed by atoms with van der Waals surface area (Å²) in [6.45, 7) is 6.24. The molecule has 1 aromatic heterocycles. The lowest BCUT2D eigenvalue weighted by molar-refractivity contribution is -0.129. The van der Waals surface area contributed by atoms with Gasteiger partial charge >= 0.3 is 0 Å². The van der Waals surface area contributed by atoms with Gasteiger partial charge in [-0.3, -0.25) is 9.79 Å². The zero-order valence-electron chi connectivity index (χ0n) is 16.8. The minimum atomic E-state index is 0.119. The van der Waals surface area contributed by atoms with Gasteiger partial charge in [-0.1, -0.05) is 6.07 Å². The molecule has 0 aliphatic carbocycles. The molecule has 0 atom stereocenters. The Balaban J connectivity index is 1.52. The molecule has 0 unspecified atom stereocenters. The van der Waals surface area contributed by atoms with Gasteiger partial charge in [0.1, 0.15) is 24.5 Å². The third-order valence-electron chi connectivity index (χ3n) is 5.24. The fourth-order valence-electron chi connectivity index (χ4n) is 3.61. The van der Waals surface area contributed by atoms with Crippen LogP contribution in [0.15, 0.2) is 35.6 Å². The SMILES string of the molecule is COCCOc1ccc2c(c1)C(c1cc(N3CCN(C(C)=O)CC3)ncn1)=NC2. The van der Waals surface area contributed by atoms with Crippen LogP contribution in [0.1, 0.15) is 23.7 Å². The normalized spacial score (nSPS) is 15.9. The number of carbonyl (C=O) groups is 1. The average molecular weight is 395 g/mol. The summed E-state index contributed by atoms with van der Waals surface area (Å²) in [5, 5.41) is 0. The van der Waals surface area contributed by atoms with Crippen LogP contribution < -0.4 is 9.64 Å². The number of carbonyl (C=O) groups excluding carboxylic acids is 1. The highest BCUT2D eigenvalue weighted by molar-refractivity contribution is 6.14. The molecule has 1 aromatic carbocycles. The first-order valence-corrected chi connectivity index (χ1v) is 9.78. The van der Waals surface area contributed by atoms with Crippen molar-refractivity contribution >= 4 is 17.4 Å². The van der Waals surface area contributed by atoms with Crippen LogP contribution in [-0.2, 0) is 16.1 Å². The molecule has 1 fully saturated rings. The third-order valence-corrected chi connectivity index (χ3v) is 5.24. The second-order valence-corrected chi connectivity index (χ2v) is 7.08. The molecule has 0 radical (unpaired) electrons. The number of ether oxygens (including phenoxy) is 2. The molecule has 0 N–H and O–H groups in total. The fourth-order valence-corrected chi connectivity index (χ4v) is 3.61. The first kappa shape index (κ1) is 19.3. The third kappa shape index (κ3) is 4.22. The number of aromatic nitrogens is 2. The molecule has 4 rings (SSSR count). The number of methoxy groups -OCH3 is 1. The van der Waals surface area contributed by atoms with E-state index >= 15 is 0 Å². The number of nitrogens with zero attached hydrogens (tertiary/aromatic N) is 5. The van der Waals surface area contributed by atoms with E-state index in [-0.39, 0.29) is 5.91 Å². The Morgan fingerprint density at radius 1 is 1.10 bits per heavy atom. The molecular formula is C21H25N5O3. The van der Waals surface area contributed by atoms with Crippen molar-refractivity contribution in [2.24, 2.45) is 4.99 Å². The zero-order chi connectivity index (χ0) is 20.2. The Kier molecular flexibility index (Phi) is 5.71. The van der Waals surface area contributed by atoms with Crippen LogP contribution in [0.5, 0.6) is 5.75 Å². The van der Waals surface area contributed by atoms with Crippen LogP contribution >= 0.6 is 0 Å². The fraction of sp³-hybridized carbons (Fsp3) is 0.429. The standard InChI is InChI=1S/C21H25N5O3/c1-15(27)25-5-7-26(8-6-25)20-12-19(23-14-24-20)21-18-11-17(29-10-9-28-2)4-3-16(18)13-22-21/h3-4,11-12,14H,5-10,13H2,1-2H3. The molecule has 0 bridgehead atoms. The van der Waals surface area contributed by atoms with Crippen molar-refractivity contribution in [1.82, 2.24) is 14.9 Å². The highest BCUT2D eigenvalue weighted by atomic mass is 16.5. The molecule has 2 aliphatic rings. The van der Waals surface area contributed by atoms with Crippen molar-refractivity contribution in [3.63, 3.8) is 0 Å². The molecule has 8 heteroatoms. The summed E-state index contributed by atoms with van der Waals surface area (Å²) in [6.07, 6.45) is 1.58. The van der Waals surface area contributed by atoms with E-state index in [0.717, 1.165) is 47.2 Å². The minimum Gasteiger partial charge on any atom is -0.491 e. The summed E-state index contributed by atoms with van der Waals surface area (Å²) < 4.78 is 10.8. The van der Waals surface area contributed by atoms with Gasteiger partial charge in [0.25, 0.3) is 0 Å². The topological polar surface area (TPSA) is 80.2 Å². The Hall–Kier alpha value is -3.00. The molecule has 29 heavy (non-hydrogen) atoms. The quantitative estimate of drug-likeness (QED) is 0.690. The Bertz CT molecular complexity index is 922. The molecule has 8 nitrogen and oxygen atoms in total. The maximum atomic E-state index is 11.5. The van der Waals surface area contributed by atoms with E-state index in [9.17, 15) is 4.79 Å². The van der Waals surface area contributed by atoms with E-state index in [1.54, 1.807) is 20.4 Å². The van der Waals surface area contributed by atoms with Crippen LogP contribution in [0.4, 0.5) is 5.82 Å². The van der Waals surface area contributed by atoms with Crippen LogP contribution in [0.2, 0.25) is 0 Å². The number of anilines is 1. The summed E-state index contributed by atoms with van der Waals surface area (Å²) in [5.41, 5.74) is 3.88. The number of fused-ring (bicyclic) bond motifs is 1. The molecule has 2 aromatic rings. The van der Waals surface area contributed by atoms with Crippen LogP contribution in [-0.4, -0.2) is 73.0 Å². The highest BCUT2D eigenvalue weighted by Crippen LogP contribution is 2.27. The van der Waals surface area contributed by atoms with Gasteiger partial charge in [-0.25, -0.2) is 9.97 Å². The van der Waals surface area contributed by atoms with Crippen LogP contribution in [0.25, 0.3) is 0 Å². The van der Waals surface area contributed by atoms with E-state index in [1.165, 1.54) is 0 Å². The first-order valence-electron chi connectivity index (χ1n) is 9.78. The molecular weight excluding hydrogens is 370 g/mol. The number of benzene rings is 1. The second-order valence-electron chi connectivity index (χ2n) is 7.08. The molecule has 2 aliphatic heterocycles. The van der Waals surface area contributed by atoms with E-state index in [0.29, 0.717) is 32.8 Å². The lowest BCUT2D eigenvalue weighted by Crippen LogP contribution is -2.48. The summed E-state index contributed by atoms with van der Waals surface area (Å²) >= 11 is 0. The maximum Gasteiger partial charge on any atom is 0.219 e. The molecule has 0 spiro atoms. The van der Waals surface area contributed by atoms with E-state index < -0.39 is 0 Å². The summed E-state index contributed by atoms with van der Waals surface area (Å²) in [5.74, 6) is 1.78. The zero-order valence-corrected chi connectivity index (χ0v) is 16.8. The van der Waals surface area contributed by atoms with Gasteiger partial charge in [-0.05, 0) is 17.7 Å². The molecule has 0 saturated carbocycles.